The fourth-order valence-electron chi connectivity index (χ4n) is 1.77. The predicted molar refractivity (Wildman–Crippen MR) is 98.3 cm³/mol. The van der Waals surface area contributed by atoms with E-state index in [0.717, 1.165) is 11.1 Å². The van der Waals surface area contributed by atoms with Gasteiger partial charge in [-0.05, 0) is 52.4 Å². The minimum Gasteiger partial charge on any atom is -0.504 e. The third-order valence-electron chi connectivity index (χ3n) is 2.89. The molecule has 0 fully saturated rings. The van der Waals surface area contributed by atoms with Gasteiger partial charge in [0.15, 0.2) is 11.5 Å². The van der Waals surface area contributed by atoms with Crippen molar-refractivity contribution >= 4 is 52.0 Å². The number of methoxy groups -OCH3 is 1. The Morgan fingerprint density at radius 3 is 2.64 bits per heavy atom. The van der Waals surface area contributed by atoms with Crippen molar-refractivity contribution in [3.05, 3.63) is 55.1 Å². The summed E-state index contributed by atoms with van der Waals surface area (Å²) in [6.07, 6.45) is 1.63. The van der Waals surface area contributed by atoms with E-state index >= 15 is 0 Å². The highest BCUT2D eigenvalue weighted by molar-refractivity contribution is 14.1. The van der Waals surface area contributed by atoms with Crippen molar-refractivity contribution in [3.8, 4) is 11.5 Å². The fraction of sp³-hybridized carbons (Fsp3) is 0.133. The zero-order chi connectivity index (χ0) is 16.1. The Balaban J connectivity index is 2.06. The molecule has 4 nitrogen and oxygen atoms in total. The van der Waals surface area contributed by atoms with Crippen LogP contribution in [0.3, 0.4) is 0 Å². The van der Waals surface area contributed by atoms with E-state index in [1.165, 1.54) is 7.11 Å². The molecule has 2 aromatic rings. The molecular weight excluding hydrogens is 438 g/mol. The van der Waals surface area contributed by atoms with E-state index in [4.69, 9.17) is 27.9 Å². The second kappa shape index (κ2) is 7.89. The number of hydrazone groups is 1. The van der Waals surface area contributed by atoms with Gasteiger partial charge in [0.25, 0.3) is 0 Å². The lowest BCUT2D eigenvalue weighted by atomic mass is 10.2. The second-order valence-corrected chi connectivity index (χ2v) is 6.32. The number of hydrogen-bond acceptors (Lipinski definition) is 4. The zero-order valence-corrected chi connectivity index (χ0v) is 15.3. The average molecular weight is 451 g/mol. The Labute approximate surface area is 152 Å². The third-order valence-corrected chi connectivity index (χ3v) is 4.42. The maximum atomic E-state index is 9.78. The molecular formula is C15H13Cl2IN2O2. The molecule has 2 rings (SSSR count). The Kier molecular flexibility index (Phi) is 6.16. The zero-order valence-electron chi connectivity index (χ0n) is 11.6. The summed E-state index contributed by atoms with van der Waals surface area (Å²) in [4.78, 5) is 0. The molecule has 0 saturated heterocycles. The van der Waals surface area contributed by atoms with Crippen LogP contribution in [-0.4, -0.2) is 18.4 Å². The Morgan fingerprint density at radius 1 is 1.32 bits per heavy atom. The maximum absolute atomic E-state index is 9.78. The molecule has 2 aromatic carbocycles. The first-order valence-corrected chi connectivity index (χ1v) is 8.11. The van der Waals surface area contributed by atoms with Gasteiger partial charge in [0, 0.05) is 15.6 Å². The first-order valence-electron chi connectivity index (χ1n) is 6.28. The van der Waals surface area contributed by atoms with Gasteiger partial charge in [0.2, 0.25) is 0 Å². The first kappa shape index (κ1) is 17.2. The molecule has 7 heteroatoms. The molecule has 0 aliphatic rings. The second-order valence-electron chi connectivity index (χ2n) is 4.35. The van der Waals surface area contributed by atoms with Crippen LogP contribution in [0.1, 0.15) is 11.1 Å². The SMILES string of the molecule is COc1cc(/C=N\NCc2c(Cl)cccc2Cl)cc(I)c1O. The number of hydrogen-bond donors (Lipinski definition) is 2. The van der Waals surface area contributed by atoms with Crippen molar-refractivity contribution < 1.29 is 9.84 Å². The lowest BCUT2D eigenvalue weighted by Gasteiger charge is -2.07. The summed E-state index contributed by atoms with van der Waals surface area (Å²) in [6.45, 7) is 0.418. The van der Waals surface area contributed by atoms with Gasteiger partial charge >= 0.3 is 0 Å². The monoisotopic (exact) mass is 450 g/mol. The van der Waals surface area contributed by atoms with Gasteiger partial charge < -0.3 is 15.3 Å². The van der Waals surface area contributed by atoms with Crippen LogP contribution in [0, 0.1) is 3.57 Å². The maximum Gasteiger partial charge on any atom is 0.171 e. The summed E-state index contributed by atoms with van der Waals surface area (Å²) in [5.41, 5.74) is 4.49. The normalized spacial score (nSPS) is 10.9. The molecule has 0 aliphatic carbocycles. The topological polar surface area (TPSA) is 53.8 Å². The number of phenolic OH excluding ortho intramolecular Hbond substituents is 1. The van der Waals surface area contributed by atoms with E-state index in [9.17, 15) is 5.11 Å². The van der Waals surface area contributed by atoms with Crippen LogP contribution in [0.15, 0.2) is 35.4 Å². The number of phenols is 1. The summed E-state index contributed by atoms with van der Waals surface area (Å²) >= 11 is 14.2. The van der Waals surface area contributed by atoms with Gasteiger partial charge in [-0.2, -0.15) is 5.10 Å². The fourth-order valence-corrected chi connectivity index (χ4v) is 2.93. The largest absolute Gasteiger partial charge is 0.504 e. The van der Waals surface area contributed by atoms with E-state index in [-0.39, 0.29) is 5.75 Å². The predicted octanol–water partition coefficient (Wildman–Crippen LogP) is 4.44. The number of halogens is 3. The Bertz CT molecular complexity index is 688. The van der Waals surface area contributed by atoms with E-state index in [2.05, 4.69) is 10.5 Å². The molecule has 0 amide bonds. The summed E-state index contributed by atoms with van der Waals surface area (Å²) < 4.78 is 5.79. The third kappa shape index (κ3) is 4.18. The Hall–Kier alpha value is -1.18. The summed E-state index contributed by atoms with van der Waals surface area (Å²) in [5, 5.41) is 15.1. The van der Waals surface area contributed by atoms with Crippen LogP contribution < -0.4 is 10.2 Å². The molecule has 116 valence electrons. The van der Waals surface area contributed by atoms with Gasteiger partial charge in [-0.15, -0.1) is 0 Å². The summed E-state index contributed by atoms with van der Waals surface area (Å²) in [7, 11) is 1.50. The number of nitrogens with one attached hydrogen (secondary N) is 1. The van der Waals surface area contributed by atoms with Crippen molar-refractivity contribution in [2.24, 2.45) is 5.10 Å². The molecule has 2 N–H and O–H groups in total. The molecule has 0 aliphatic heterocycles. The van der Waals surface area contributed by atoms with E-state index in [1.807, 2.05) is 22.6 Å². The average Bonchev–Trinajstić information content (AvgIpc) is 2.49. The molecule has 0 unspecified atom stereocenters. The molecule has 0 bridgehead atoms. The summed E-state index contributed by atoms with van der Waals surface area (Å²) in [6, 6.07) is 8.85. The summed E-state index contributed by atoms with van der Waals surface area (Å²) in [5.74, 6) is 0.526. The van der Waals surface area contributed by atoms with Crippen LogP contribution >= 0.6 is 45.8 Å². The standard InChI is InChI=1S/C15H13Cl2IN2O2/c1-22-14-6-9(5-13(18)15(14)21)7-19-20-8-10-11(16)3-2-4-12(10)17/h2-7,20-21H,8H2,1H3/b19-7-. The van der Waals surface area contributed by atoms with Gasteiger partial charge in [-0.25, -0.2) is 0 Å². The molecule has 0 atom stereocenters. The number of rotatable bonds is 5. The minimum absolute atomic E-state index is 0.121. The molecule has 0 heterocycles. The van der Waals surface area contributed by atoms with Gasteiger partial charge in [0.1, 0.15) is 0 Å². The lowest BCUT2D eigenvalue weighted by Crippen LogP contribution is -2.06. The first-order chi connectivity index (χ1) is 10.5. The van der Waals surface area contributed by atoms with E-state index in [0.29, 0.717) is 25.9 Å². The van der Waals surface area contributed by atoms with Crippen LogP contribution in [0.25, 0.3) is 0 Å². The molecule has 22 heavy (non-hydrogen) atoms. The number of aromatic hydroxyl groups is 1. The highest BCUT2D eigenvalue weighted by Gasteiger charge is 2.07. The number of benzene rings is 2. The van der Waals surface area contributed by atoms with Gasteiger partial charge in [-0.3, -0.25) is 0 Å². The Morgan fingerprint density at radius 2 is 2.00 bits per heavy atom. The van der Waals surface area contributed by atoms with Gasteiger partial charge in [-0.1, -0.05) is 29.3 Å². The lowest BCUT2D eigenvalue weighted by molar-refractivity contribution is 0.371. The molecule has 0 saturated carbocycles. The molecule has 0 spiro atoms. The highest BCUT2D eigenvalue weighted by Crippen LogP contribution is 2.31. The van der Waals surface area contributed by atoms with Crippen LogP contribution in [0.5, 0.6) is 11.5 Å². The molecule has 0 aromatic heterocycles. The van der Waals surface area contributed by atoms with E-state index < -0.39 is 0 Å². The van der Waals surface area contributed by atoms with Crippen LogP contribution in [0.4, 0.5) is 0 Å². The van der Waals surface area contributed by atoms with Crippen LogP contribution in [0.2, 0.25) is 10.0 Å². The smallest absolute Gasteiger partial charge is 0.171 e. The van der Waals surface area contributed by atoms with Crippen molar-refractivity contribution in [2.75, 3.05) is 7.11 Å². The van der Waals surface area contributed by atoms with Crippen molar-refractivity contribution in [2.45, 2.75) is 6.54 Å². The number of ether oxygens (including phenoxy) is 1. The molecule has 0 radical (unpaired) electrons. The van der Waals surface area contributed by atoms with Crippen molar-refractivity contribution in [1.29, 1.82) is 0 Å². The van der Waals surface area contributed by atoms with Gasteiger partial charge in [0.05, 0.1) is 23.4 Å². The van der Waals surface area contributed by atoms with Crippen LogP contribution in [-0.2, 0) is 6.54 Å². The van der Waals surface area contributed by atoms with Crippen molar-refractivity contribution in [1.82, 2.24) is 5.43 Å². The quantitative estimate of drug-likeness (QED) is 0.402. The number of nitrogens with zero attached hydrogens (tertiary/aromatic N) is 1. The minimum atomic E-state index is 0.121. The van der Waals surface area contributed by atoms with E-state index in [1.54, 1.807) is 36.5 Å². The van der Waals surface area contributed by atoms with Crippen molar-refractivity contribution in [3.63, 3.8) is 0 Å². The highest BCUT2D eigenvalue weighted by atomic mass is 127.